The number of hydrogen-bond donors (Lipinski definition) is 0. The summed E-state index contributed by atoms with van der Waals surface area (Å²) in [4.78, 5) is 24.1. The summed E-state index contributed by atoms with van der Waals surface area (Å²) >= 11 is 0. The second kappa shape index (κ2) is 7.80. The zero-order chi connectivity index (χ0) is 22.5. The molecule has 3 aliphatic rings. The van der Waals surface area contributed by atoms with E-state index in [-0.39, 0.29) is 11.4 Å². The molecule has 0 bridgehead atoms. The highest BCUT2D eigenvalue weighted by Gasteiger charge is 2.36. The van der Waals surface area contributed by atoms with Crippen molar-refractivity contribution in [2.75, 3.05) is 25.0 Å². The van der Waals surface area contributed by atoms with Gasteiger partial charge in [-0.2, -0.15) is 4.99 Å². The molecule has 2 aromatic rings. The van der Waals surface area contributed by atoms with E-state index in [1.54, 1.807) is 0 Å². The molecule has 3 aliphatic heterocycles. The lowest BCUT2D eigenvalue weighted by molar-refractivity contribution is -0.114. The molecule has 1 amide bonds. The molecule has 1 atom stereocenters. The molecule has 5 nitrogen and oxygen atoms in total. The maximum atomic E-state index is 12.9. The van der Waals surface area contributed by atoms with E-state index in [0.717, 1.165) is 44.0 Å². The zero-order valence-corrected chi connectivity index (χ0v) is 19.5. The molecular weight excluding hydrogens is 396 g/mol. The molecule has 0 aliphatic carbocycles. The Hall–Kier alpha value is -3.08. The van der Waals surface area contributed by atoms with E-state index in [0.29, 0.717) is 11.6 Å². The Labute approximate surface area is 191 Å². The predicted octanol–water partition coefficient (Wildman–Crippen LogP) is 4.85. The molecule has 0 N–H and O–H groups in total. The topological polar surface area (TPSA) is 39.2 Å². The molecule has 32 heavy (non-hydrogen) atoms. The van der Waals surface area contributed by atoms with Gasteiger partial charge in [-0.3, -0.25) is 4.79 Å². The summed E-state index contributed by atoms with van der Waals surface area (Å²) in [5.74, 6) is 1.14. The molecule has 1 saturated heterocycles. The van der Waals surface area contributed by atoms with E-state index in [2.05, 4.69) is 90.0 Å². The molecule has 3 heterocycles. The third-order valence-corrected chi connectivity index (χ3v) is 7.22. The molecule has 1 fully saturated rings. The van der Waals surface area contributed by atoms with Crippen molar-refractivity contribution >= 4 is 23.6 Å². The standard InChI is InChI=1S/C27H32N4O/c1-19-17-27(2,3)29(4)23-12-11-21(15-22(19)23)16-24-25(32)28-26-30(13-8-14-31(24)26)18-20-9-6-5-7-10-20/h5-7,9-12,15-16,19H,8,13-14,17-18H2,1-4H3/b24-16+. The summed E-state index contributed by atoms with van der Waals surface area (Å²) in [5.41, 5.74) is 5.79. The Bertz CT molecular complexity index is 1100. The summed E-state index contributed by atoms with van der Waals surface area (Å²) < 4.78 is 0. The first-order valence-corrected chi connectivity index (χ1v) is 11.6. The number of benzene rings is 2. The van der Waals surface area contributed by atoms with E-state index in [4.69, 9.17) is 0 Å². The molecule has 5 heteroatoms. The van der Waals surface area contributed by atoms with Crippen molar-refractivity contribution in [2.45, 2.75) is 51.6 Å². The van der Waals surface area contributed by atoms with Gasteiger partial charge in [0.25, 0.3) is 5.91 Å². The minimum Gasteiger partial charge on any atom is -0.369 e. The van der Waals surface area contributed by atoms with Gasteiger partial charge in [0.05, 0.1) is 0 Å². The van der Waals surface area contributed by atoms with Crippen LogP contribution < -0.4 is 4.90 Å². The molecule has 0 radical (unpaired) electrons. The zero-order valence-electron chi connectivity index (χ0n) is 19.5. The summed E-state index contributed by atoms with van der Waals surface area (Å²) in [5, 5.41) is 0. The molecule has 166 valence electrons. The second-order valence-corrected chi connectivity index (χ2v) is 9.95. The molecular formula is C27H32N4O. The van der Waals surface area contributed by atoms with Crippen LogP contribution in [0.1, 0.15) is 56.2 Å². The minimum atomic E-state index is -0.135. The summed E-state index contributed by atoms with van der Waals surface area (Å²) in [6, 6.07) is 17.0. The predicted molar refractivity (Wildman–Crippen MR) is 131 cm³/mol. The first-order chi connectivity index (χ1) is 15.3. The van der Waals surface area contributed by atoms with Gasteiger partial charge in [0.2, 0.25) is 5.96 Å². The Morgan fingerprint density at radius 1 is 1.12 bits per heavy atom. The number of amides is 1. The normalized spacial score (nSPS) is 23.3. The molecule has 5 rings (SSSR count). The third-order valence-electron chi connectivity index (χ3n) is 7.22. The number of guanidine groups is 1. The van der Waals surface area contributed by atoms with Gasteiger partial charge in [-0.05, 0) is 67.5 Å². The van der Waals surface area contributed by atoms with Crippen LogP contribution in [0, 0.1) is 0 Å². The quantitative estimate of drug-likeness (QED) is 0.655. The molecule has 2 aromatic carbocycles. The van der Waals surface area contributed by atoms with Crippen molar-refractivity contribution in [1.29, 1.82) is 0 Å². The maximum Gasteiger partial charge on any atom is 0.296 e. The maximum absolute atomic E-state index is 12.9. The fraction of sp³-hybridized carbons (Fsp3) is 0.407. The summed E-state index contributed by atoms with van der Waals surface area (Å²) in [6.45, 7) is 9.43. The average molecular weight is 429 g/mol. The van der Waals surface area contributed by atoms with Crippen LogP contribution in [0.3, 0.4) is 0 Å². The van der Waals surface area contributed by atoms with Gasteiger partial charge in [-0.15, -0.1) is 0 Å². The van der Waals surface area contributed by atoms with Gasteiger partial charge in [0, 0.05) is 37.9 Å². The number of hydrogen-bond acceptors (Lipinski definition) is 4. The number of rotatable bonds is 3. The van der Waals surface area contributed by atoms with Crippen molar-refractivity contribution in [3.8, 4) is 0 Å². The van der Waals surface area contributed by atoms with Crippen LogP contribution in [0.25, 0.3) is 6.08 Å². The third kappa shape index (κ3) is 3.60. The van der Waals surface area contributed by atoms with Gasteiger partial charge < -0.3 is 14.7 Å². The second-order valence-electron chi connectivity index (χ2n) is 9.95. The Morgan fingerprint density at radius 3 is 2.69 bits per heavy atom. The minimum absolute atomic E-state index is 0.135. The van der Waals surface area contributed by atoms with Crippen LogP contribution in [0.15, 0.2) is 59.2 Å². The van der Waals surface area contributed by atoms with Crippen LogP contribution in [0.2, 0.25) is 0 Å². The average Bonchev–Trinajstić information content (AvgIpc) is 3.09. The lowest BCUT2D eigenvalue weighted by Crippen LogP contribution is -2.47. The van der Waals surface area contributed by atoms with E-state index in [9.17, 15) is 4.79 Å². The fourth-order valence-electron chi connectivity index (χ4n) is 5.35. The van der Waals surface area contributed by atoms with E-state index < -0.39 is 0 Å². The first-order valence-electron chi connectivity index (χ1n) is 11.6. The van der Waals surface area contributed by atoms with Gasteiger partial charge in [0.15, 0.2) is 0 Å². The van der Waals surface area contributed by atoms with Gasteiger partial charge in [-0.1, -0.05) is 43.3 Å². The fourth-order valence-corrected chi connectivity index (χ4v) is 5.35. The highest BCUT2D eigenvalue weighted by atomic mass is 16.2. The number of carbonyl (C=O) groups is 1. The van der Waals surface area contributed by atoms with Crippen molar-refractivity contribution in [1.82, 2.24) is 9.80 Å². The van der Waals surface area contributed by atoms with Crippen molar-refractivity contribution < 1.29 is 4.79 Å². The smallest absolute Gasteiger partial charge is 0.296 e. The van der Waals surface area contributed by atoms with Crippen molar-refractivity contribution in [3.63, 3.8) is 0 Å². The molecule has 0 spiro atoms. The Morgan fingerprint density at radius 2 is 1.91 bits per heavy atom. The van der Waals surface area contributed by atoms with Crippen LogP contribution in [-0.4, -0.2) is 47.3 Å². The lowest BCUT2D eigenvalue weighted by atomic mass is 9.80. The van der Waals surface area contributed by atoms with Gasteiger partial charge in [0.1, 0.15) is 5.70 Å². The van der Waals surface area contributed by atoms with E-state index in [1.807, 2.05) is 12.1 Å². The first kappa shape index (κ1) is 20.8. The van der Waals surface area contributed by atoms with Crippen molar-refractivity contribution in [2.24, 2.45) is 4.99 Å². The molecule has 0 saturated carbocycles. The Balaban J connectivity index is 1.42. The number of nitrogens with zero attached hydrogens (tertiary/aromatic N) is 4. The van der Waals surface area contributed by atoms with Crippen LogP contribution >= 0.6 is 0 Å². The summed E-state index contributed by atoms with van der Waals surface area (Å²) in [7, 11) is 2.18. The molecule has 0 aromatic heterocycles. The number of anilines is 1. The Kier molecular flexibility index (Phi) is 5.07. The number of fused-ring (bicyclic) bond motifs is 2. The lowest BCUT2D eigenvalue weighted by Gasteiger charge is -2.45. The number of aliphatic imine (C=N–C) groups is 1. The van der Waals surface area contributed by atoms with Crippen LogP contribution in [0.4, 0.5) is 5.69 Å². The van der Waals surface area contributed by atoms with E-state index >= 15 is 0 Å². The number of carbonyl (C=O) groups excluding carboxylic acids is 1. The largest absolute Gasteiger partial charge is 0.369 e. The highest BCUT2D eigenvalue weighted by Crippen LogP contribution is 2.43. The van der Waals surface area contributed by atoms with Crippen LogP contribution in [-0.2, 0) is 11.3 Å². The monoisotopic (exact) mass is 428 g/mol. The van der Waals surface area contributed by atoms with Gasteiger partial charge in [-0.25, -0.2) is 0 Å². The van der Waals surface area contributed by atoms with Crippen molar-refractivity contribution in [3.05, 3.63) is 70.9 Å². The molecule has 1 unspecified atom stereocenters. The van der Waals surface area contributed by atoms with E-state index in [1.165, 1.54) is 16.8 Å². The summed E-state index contributed by atoms with van der Waals surface area (Å²) in [6.07, 6.45) is 4.15. The SMILES string of the molecule is CC1CC(C)(C)N(C)c2ccc(/C=C3\C(=O)N=C4N(Cc5ccccc5)CCCN43)cc21. The highest BCUT2D eigenvalue weighted by molar-refractivity contribution is 6.12. The van der Waals surface area contributed by atoms with Crippen LogP contribution in [0.5, 0.6) is 0 Å². The van der Waals surface area contributed by atoms with Gasteiger partial charge >= 0.3 is 0 Å².